The number of nitrogens with zero attached hydrogens (tertiary/aromatic N) is 1. The first-order chi connectivity index (χ1) is 14.2. The van der Waals surface area contributed by atoms with Crippen molar-refractivity contribution in [3.8, 4) is 0 Å². The molecular weight excluding hydrogens is 420 g/mol. The number of rotatable bonds is 6. The van der Waals surface area contributed by atoms with E-state index in [9.17, 15) is 13.2 Å². The zero-order valence-corrected chi connectivity index (χ0v) is 18.6. The second kappa shape index (κ2) is 8.90. The molecule has 3 rings (SSSR count). The van der Waals surface area contributed by atoms with Gasteiger partial charge < -0.3 is 5.32 Å². The number of carbonyl (C=O) groups excluding carboxylic acids is 1. The van der Waals surface area contributed by atoms with Gasteiger partial charge in [-0.15, -0.1) is 0 Å². The van der Waals surface area contributed by atoms with Crippen molar-refractivity contribution in [2.45, 2.75) is 25.2 Å². The third-order valence-electron chi connectivity index (χ3n) is 4.89. The van der Waals surface area contributed by atoms with Crippen molar-refractivity contribution in [3.05, 3.63) is 88.4 Å². The van der Waals surface area contributed by atoms with Gasteiger partial charge in [-0.3, -0.25) is 9.10 Å². The fraction of sp³-hybridized carbons (Fsp3) is 0.174. The molecular formula is C23H23ClN2O3S. The molecule has 0 bridgehead atoms. The third kappa shape index (κ3) is 4.66. The number of carbonyl (C=O) groups is 1. The fourth-order valence-corrected chi connectivity index (χ4v) is 4.46. The summed E-state index contributed by atoms with van der Waals surface area (Å²) in [5.41, 5.74) is 3.52. The lowest BCUT2D eigenvalue weighted by molar-refractivity contribution is 0.102. The molecule has 0 saturated heterocycles. The van der Waals surface area contributed by atoms with E-state index >= 15 is 0 Å². The Morgan fingerprint density at radius 3 is 2.20 bits per heavy atom. The van der Waals surface area contributed by atoms with E-state index in [1.165, 1.54) is 41.2 Å². The molecule has 3 aromatic carbocycles. The Kier molecular flexibility index (Phi) is 6.48. The smallest absolute Gasteiger partial charge is 0.264 e. The van der Waals surface area contributed by atoms with E-state index in [0.717, 1.165) is 6.42 Å². The normalized spacial score (nSPS) is 11.2. The predicted molar refractivity (Wildman–Crippen MR) is 122 cm³/mol. The Balaban J connectivity index is 1.81. The zero-order chi connectivity index (χ0) is 21.9. The molecule has 0 radical (unpaired) electrons. The summed E-state index contributed by atoms with van der Waals surface area (Å²) in [6.07, 6.45) is 0.932. The van der Waals surface area contributed by atoms with Crippen LogP contribution in [0.15, 0.2) is 71.6 Å². The summed E-state index contributed by atoms with van der Waals surface area (Å²) in [7, 11) is -2.26. The van der Waals surface area contributed by atoms with Crippen LogP contribution in [0.2, 0.25) is 5.02 Å². The van der Waals surface area contributed by atoms with Gasteiger partial charge in [-0.05, 0) is 79.1 Å². The van der Waals surface area contributed by atoms with Crippen molar-refractivity contribution < 1.29 is 13.2 Å². The second-order valence-electron chi connectivity index (χ2n) is 6.93. The van der Waals surface area contributed by atoms with Crippen molar-refractivity contribution in [2.24, 2.45) is 0 Å². The van der Waals surface area contributed by atoms with Crippen LogP contribution in [0.4, 0.5) is 11.4 Å². The van der Waals surface area contributed by atoms with Crippen LogP contribution in [-0.4, -0.2) is 21.4 Å². The van der Waals surface area contributed by atoms with E-state index in [4.69, 9.17) is 11.6 Å². The van der Waals surface area contributed by atoms with Gasteiger partial charge in [0.05, 0.1) is 10.6 Å². The predicted octanol–water partition coefficient (Wildman–Crippen LogP) is 5.29. The van der Waals surface area contributed by atoms with Gasteiger partial charge >= 0.3 is 0 Å². The van der Waals surface area contributed by atoms with Crippen LogP contribution in [0.25, 0.3) is 0 Å². The van der Waals surface area contributed by atoms with Crippen LogP contribution in [0.5, 0.6) is 0 Å². The summed E-state index contributed by atoms with van der Waals surface area (Å²) in [6, 6.07) is 18.6. The lowest BCUT2D eigenvalue weighted by atomic mass is 10.1. The van der Waals surface area contributed by atoms with Crippen molar-refractivity contribution in [1.29, 1.82) is 0 Å². The summed E-state index contributed by atoms with van der Waals surface area (Å²) < 4.78 is 27.0. The molecule has 0 unspecified atom stereocenters. The molecule has 0 spiro atoms. The molecule has 3 aromatic rings. The number of amides is 1. The zero-order valence-electron chi connectivity index (χ0n) is 17.0. The number of hydrogen-bond acceptors (Lipinski definition) is 3. The largest absolute Gasteiger partial charge is 0.322 e. The summed E-state index contributed by atoms with van der Waals surface area (Å²) in [4.78, 5) is 12.7. The minimum atomic E-state index is -3.75. The minimum absolute atomic E-state index is 0.145. The van der Waals surface area contributed by atoms with Gasteiger partial charge in [0, 0.05) is 23.3 Å². The number of halogens is 1. The number of aryl methyl sites for hydroxylation is 2. The van der Waals surface area contributed by atoms with Crippen molar-refractivity contribution in [3.63, 3.8) is 0 Å². The van der Waals surface area contributed by atoms with Gasteiger partial charge in [-0.25, -0.2) is 8.42 Å². The van der Waals surface area contributed by atoms with Crippen LogP contribution in [-0.2, 0) is 16.4 Å². The van der Waals surface area contributed by atoms with Gasteiger partial charge in [0.25, 0.3) is 15.9 Å². The summed E-state index contributed by atoms with van der Waals surface area (Å²) in [5, 5.41) is 3.33. The van der Waals surface area contributed by atoms with E-state index in [0.29, 0.717) is 27.5 Å². The Morgan fingerprint density at radius 2 is 1.63 bits per heavy atom. The second-order valence-corrected chi connectivity index (χ2v) is 9.34. The average molecular weight is 443 g/mol. The fourth-order valence-electron chi connectivity index (χ4n) is 3.07. The number of hydrogen-bond donors (Lipinski definition) is 1. The lowest BCUT2D eigenvalue weighted by Gasteiger charge is -2.22. The molecule has 0 aliphatic heterocycles. The van der Waals surface area contributed by atoms with Crippen LogP contribution >= 0.6 is 11.6 Å². The van der Waals surface area contributed by atoms with Gasteiger partial charge in [-0.2, -0.15) is 0 Å². The maximum absolute atomic E-state index is 12.9. The first kappa shape index (κ1) is 21.9. The molecule has 0 aliphatic rings. The Bertz CT molecular complexity index is 1160. The van der Waals surface area contributed by atoms with Gasteiger partial charge in [0.2, 0.25) is 0 Å². The van der Waals surface area contributed by atoms with E-state index in [2.05, 4.69) is 12.2 Å². The van der Waals surface area contributed by atoms with Gasteiger partial charge in [0.1, 0.15) is 0 Å². The van der Waals surface area contributed by atoms with Crippen molar-refractivity contribution >= 4 is 38.9 Å². The summed E-state index contributed by atoms with van der Waals surface area (Å²) in [6.45, 7) is 3.85. The number of anilines is 2. The van der Waals surface area contributed by atoms with Gasteiger partial charge in [0.15, 0.2) is 0 Å². The standard InChI is InChI=1S/C23H23ClN2O3S/c1-4-17-5-10-20(11-6-17)25-23(27)18-7-14-22(16(2)15-18)26(3)30(28,29)21-12-8-19(24)9-13-21/h5-15H,4H2,1-3H3,(H,25,27). The minimum Gasteiger partial charge on any atom is -0.322 e. The van der Waals surface area contributed by atoms with Crippen molar-refractivity contribution in [2.75, 3.05) is 16.7 Å². The number of benzene rings is 3. The maximum Gasteiger partial charge on any atom is 0.264 e. The topological polar surface area (TPSA) is 66.5 Å². The number of sulfonamides is 1. The molecule has 156 valence electrons. The molecule has 7 heteroatoms. The molecule has 0 heterocycles. The molecule has 30 heavy (non-hydrogen) atoms. The number of nitrogens with one attached hydrogen (secondary N) is 1. The first-order valence-electron chi connectivity index (χ1n) is 9.48. The van der Waals surface area contributed by atoms with E-state index in [1.807, 2.05) is 24.3 Å². The Hall–Kier alpha value is -2.83. The molecule has 1 N–H and O–H groups in total. The van der Waals surface area contributed by atoms with Crippen molar-refractivity contribution in [1.82, 2.24) is 0 Å². The van der Waals surface area contributed by atoms with Crippen LogP contribution in [0, 0.1) is 6.92 Å². The molecule has 0 fully saturated rings. The first-order valence-corrected chi connectivity index (χ1v) is 11.3. The summed E-state index contributed by atoms with van der Waals surface area (Å²) >= 11 is 5.86. The van der Waals surface area contributed by atoms with E-state index in [1.54, 1.807) is 25.1 Å². The van der Waals surface area contributed by atoms with Crippen LogP contribution < -0.4 is 9.62 Å². The van der Waals surface area contributed by atoms with Crippen LogP contribution in [0.3, 0.4) is 0 Å². The molecule has 0 aromatic heterocycles. The molecule has 0 atom stereocenters. The van der Waals surface area contributed by atoms with Gasteiger partial charge in [-0.1, -0.05) is 30.7 Å². The molecule has 0 aliphatic carbocycles. The SMILES string of the molecule is CCc1ccc(NC(=O)c2ccc(N(C)S(=O)(=O)c3ccc(Cl)cc3)c(C)c2)cc1. The average Bonchev–Trinajstić information content (AvgIpc) is 2.74. The third-order valence-corrected chi connectivity index (χ3v) is 6.93. The van der Waals surface area contributed by atoms with Crippen LogP contribution in [0.1, 0.15) is 28.4 Å². The lowest BCUT2D eigenvalue weighted by Crippen LogP contribution is -2.27. The highest BCUT2D eigenvalue weighted by Crippen LogP contribution is 2.27. The molecule has 1 amide bonds. The Morgan fingerprint density at radius 1 is 1.00 bits per heavy atom. The Labute approximate surface area is 182 Å². The highest BCUT2D eigenvalue weighted by atomic mass is 35.5. The highest BCUT2D eigenvalue weighted by Gasteiger charge is 2.23. The molecule has 5 nitrogen and oxygen atoms in total. The summed E-state index contributed by atoms with van der Waals surface area (Å²) in [5.74, 6) is -0.253. The monoisotopic (exact) mass is 442 g/mol. The quantitative estimate of drug-likeness (QED) is 0.564. The molecule has 0 saturated carbocycles. The highest BCUT2D eigenvalue weighted by molar-refractivity contribution is 7.92. The maximum atomic E-state index is 12.9. The van der Waals surface area contributed by atoms with E-state index < -0.39 is 10.0 Å². The van der Waals surface area contributed by atoms with E-state index in [-0.39, 0.29) is 10.8 Å².